The van der Waals surface area contributed by atoms with E-state index in [0.717, 1.165) is 61.2 Å². The normalized spacial score (nSPS) is 19.4. The molecule has 74 heavy (non-hydrogen) atoms. The molecule has 14 nitrogen and oxygen atoms in total. The molecule has 2 saturated heterocycles. The molecule has 15 heteroatoms. The number of rotatable bonds is 13. The highest BCUT2D eigenvalue weighted by Crippen LogP contribution is 2.46. The van der Waals surface area contributed by atoms with Crippen LogP contribution in [-0.2, 0) is 56.0 Å². The monoisotopic (exact) mass is 998 g/mol. The molecule has 4 aliphatic heterocycles. The molecule has 382 valence electrons. The average Bonchev–Trinajstić information content (AvgIpc) is 3.77. The summed E-state index contributed by atoms with van der Waals surface area (Å²) in [6.07, 6.45) is 4.26. The highest BCUT2D eigenvalue weighted by Gasteiger charge is 2.46. The standard InChI is InChI=1S/C59H63FN8O6/c1-37-55(28-47(30-61)63(37)4)68(46-10-12-49(69)13-11-46)59(72)57-38(2)62(3)36-53(57)51-25-40-15-16-66(56(70)27-41-9-14-50(29-54(41)60)74-22-19-64-17-20-73-21-18-64)33-45(40)26-52(51)58(71)67-34-42-8-6-5-7-39(42)24-48(67)35-65-31-43-23-44(43)32-65/h5-14,25-26,28-29,36,43-44,48,69H,15-24,27,31-35H2,1-4H3/t43-,44+,48-/m0/s1. The van der Waals surface area contributed by atoms with Crippen molar-refractivity contribution in [1.29, 1.82) is 5.26 Å². The van der Waals surface area contributed by atoms with Gasteiger partial charge in [0.05, 0.1) is 30.9 Å². The summed E-state index contributed by atoms with van der Waals surface area (Å²) >= 11 is 0. The Balaban J connectivity index is 0.952. The number of likely N-dealkylation sites (tertiary alicyclic amines) is 1. The number of aromatic hydroxyl groups is 1. The second-order valence-electron chi connectivity index (χ2n) is 20.9. The molecule has 0 spiro atoms. The predicted octanol–water partition coefficient (Wildman–Crippen LogP) is 7.70. The Morgan fingerprint density at radius 2 is 1.61 bits per heavy atom. The van der Waals surface area contributed by atoms with Crippen LogP contribution in [0.5, 0.6) is 11.5 Å². The lowest BCUT2D eigenvalue weighted by atomic mass is 9.87. The van der Waals surface area contributed by atoms with Crippen LogP contribution in [0.3, 0.4) is 0 Å². The molecule has 1 aliphatic carbocycles. The number of phenolic OH excluding ortho intramolecular Hbond substituents is 1. The van der Waals surface area contributed by atoms with Crippen LogP contribution in [0.15, 0.2) is 91.1 Å². The highest BCUT2D eigenvalue weighted by atomic mass is 19.1. The van der Waals surface area contributed by atoms with Crippen LogP contribution >= 0.6 is 0 Å². The lowest BCUT2D eigenvalue weighted by Gasteiger charge is -2.40. The smallest absolute Gasteiger partial charge is 0.265 e. The molecule has 3 amide bonds. The lowest BCUT2D eigenvalue weighted by molar-refractivity contribution is -0.131. The maximum atomic E-state index is 15.9. The van der Waals surface area contributed by atoms with Gasteiger partial charge < -0.3 is 38.4 Å². The molecular formula is C59H63FN8O6. The van der Waals surface area contributed by atoms with E-state index in [0.29, 0.717) is 109 Å². The number of aryl methyl sites for hydroxylation is 1. The lowest BCUT2D eigenvalue weighted by Crippen LogP contribution is -2.50. The number of piperidine rings is 1. The first-order valence-electron chi connectivity index (χ1n) is 25.9. The number of halogens is 1. The number of benzene rings is 4. The van der Waals surface area contributed by atoms with E-state index in [1.54, 1.807) is 51.7 Å². The molecule has 0 radical (unpaired) electrons. The first-order chi connectivity index (χ1) is 35.8. The Kier molecular flexibility index (Phi) is 13.4. The summed E-state index contributed by atoms with van der Waals surface area (Å²) in [6, 6.07) is 27.3. The number of hydrogen-bond acceptors (Lipinski definition) is 9. The molecule has 0 bridgehead atoms. The molecule has 4 aromatic carbocycles. The quantitative estimate of drug-likeness (QED) is 0.123. The van der Waals surface area contributed by atoms with E-state index < -0.39 is 5.82 Å². The number of carbonyl (C=O) groups excluding carboxylic acids is 3. The number of hydrogen-bond donors (Lipinski definition) is 1. The van der Waals surface area contributed by atoms with Crippen LogP contribution in [0.1, 0.15) is 72.0 Å². The number of nitriles is 1. The van der Waals surface area contributed by atoms with Crippen molar-refractivity contribution in [3.05, 3.63) is 153 Å². The maximum Gasteiger partial charge on any atom is 0.265 e. The van der Waals surface area contributed by atoms with Crippen molar-refractivity contribution < 1.29 is 33.4 Å². The molecular weight excluding hydrogens is 936 g/mol. The van der Waals surface area contributed by atoms with Crippen molar-refractivity contribution in [2.45, 2.75) is 58.7 Å². The Bertz CT molecular complexity index is 3190. The zero-order chi connectivity index (χ0) is 51.4. The summed E-state index contributed by atoms with van der Waals surface area (Å²) in [5.41, 5.74) is 9.16. The minimum absolute atomic E-state index is 0.0417. The van der Waals surface area contributed by atoms with Crippen LogP contribution in [0, 0.1) is 42.8 Å². The first kappa shape index (κ1) is 49.0. The van der Waals surface area contributed by atoms with Gasteiger partial charge in [0.25, 0.3) is 11.8 Å². The van der Waals surface area contributed by atoms with Crippen LogP contribution in [0.4, 0.5) is 15.8 Å². The number of morpholine rings is 1. The number of carbonyl (C=O) groups is 3. The predicted molar refractivity (Wildman–Crippen MR) is 279 cm³/mol. The fourth-order valence-corrected chi connectivity index (χ4v) is 11.8. The van der Waals surface area contributed by atoms with Gasteiger partial charge in [0.2, 0.25) is 5.91 Å². The molecule has 6 aromatic rings. The molecule has 3 atom stereocenters. The number of anilines is 2. The van der Waals surface area contributed by atoms with Gasteiger partial charge in [0.15, 0.2) is 0 Å². The Hall–Kier alpha value is -7.25. The van der Waals surface area contributed by atoms with Crippen molar-refractivity contribution in [2.75, 3.05) is 70.5 Å². The zero-order valence-electron chi connectivity index (χ0n) is 42.7. The van der Waals surface area contributed by atoms with Crippen LogP contribution < -0.4 is 9.64 Å². The molecule has 3 fully saturated rings. The minimum Gasteiger partial charge on any atom is -0.508 e. The number of phenols is 1. The third-order valence-electron chi connectivity index (χ3n) is 16.4. The van der Waals surface area contributed by atoms with Crippen LogP contribution in [0.2, 0.25) is 0 Å². The van der Waals surface area contributed by atoms with E-state index in [1.807, 2.05) is 54.8 Å². The third-order valence-corrected chi connectivity index (χ3v) is 16.4. The molecule has 1 saturated carbocycles. The van der Waals surface area contributed by atoms with E-state index in [1.165, 1.54) is 30.2 Å². The molecule has 1 N–H and O–H groups in total. The van der Waals surface area contributed by atoms with Crippen LogP contribution in [0.25, 0.3) is 11.1 Å². The Labute approximate surface area is 431 Å². The Morgan fingerprint density at radius 3 is 2.34 bits per heavy atom. The van der Waals surface area contributed by atoms with Crippen molar-refractivity contribution >= 4 is 29.1 Å². The summed E-state index contributed by atoms with van der Waals surface area (Å²) in [6.45, 7) is 11.8. The van der Waals surface area contributed by atoms with Gasteiger partial charge in [0.1, 0.15) is 35.7 Å². The van der Waals surface area contributed by atoms with Crippen molar-refractivity contribution in [3.63, 3.8) is 0 Å². The topological polar surface area (TPSA) is 140 Å². The van der Waals surface area contributed by atoms with E-state index >= 15 is 14.0 Å². The van der Waals surface area contributed by atoms with E-state index in [-0.39, 0.29) is 48.0 Å². The summed E-state index contributed by atoms with van der Waals surface area (Å²) < 4.78 is 30.6. The van der Waals surface area contributed by atoms with Gasteiger partial charge in [-0.05, 0) is 127 Å². The summed E-state index contributed by atoms with van der Waals surface area (Å²) in [5.74, 6) is 0.681. The van der Waals surface area contributed by atoms with Gasteiger partial charge >= 0.3 is 0 Å². The largest absolute Gasteiger partial charge is 0.508 e. The first-order valence-corrected chi connectivity index (χ1v) is 25.9. The van der Waals surface area contributed by atoms with Gasteiger partial charge in [-0.15, -0.1) is 0 Å². The van der Waals surface area contributed by atoms with E-state index in [2.05, 4.69) is 34.1 Å². The molecule has 0 unspecified atom stereocenters. The highest BCUT2D eigenvalue weighted by molar-refractivity contribution is 6.16. The number of aromatic nitrogens is 2. The Morgan fingerprint density at radius 1 is 0.851 bits per heavy atom. The van der Waals surface area contributed by atoms with E-state index in [9.17, 15) is 15.2 Å². The third kappa shape index (κ3) is 9.58. The van der Waals surface area contributed by atoms with Gasteiger partial charge in [0, 0.05) is 120 Å². The van der Waals surface area contributed by atoms with Gasteiger partial charge in [-0.3, -0.25) is 24.2 Å². The SMILES string of the molecule is Cc1c(C(=O)N(c2ccc(O)cc2)c2cc(C#N)n(C)c2C)c(-c2cc3c(cc2C(=O)N2Cc4ccccc4C[C@H]2CN2C[C@H]4C[C@H]4C2)CN(C(=O)Cc2ccc(OCCN4CCOCC4)cc2F)CC3)cn1C. The van der Waals surface area contributed by atoms with Gasteiger partial charge in [-0.2, -0.15) is 5.26 Å². The molecule has 11 rings (SSSR count). The average molecular weight is 999 g/mol. The fraction of sp³-hybridized carbons (Fsp3) is 0.390. The summed E-state index contributed by atoms with van der Waals surface area (Å²) in [7, 11) is 3.68. The van der Waals surface area contributed by atoms with Gasteiger partial charge in [-0.1, -0.05) is 30.3 Å². The van der Waals surface area contributed by atoms with Crippen molar-refractivity contribution in [1.82, 2.24) is 28.7 Å². The van der Waals surface area contributed by atoms with Crippen molar-refractivity contribution in [3.8, 4) is 28.7 Å². The van der Waals surface area contributed by atoms with Crippen LogP contribution in [-0.4, -0.2) is 123 Å². The van der Waals surface area contributed by atoms with E-state index in [4.69, 9.17) is 9.47 Å². The molecule has 5 aliphatic rings. The maximum absolute atomic E-state index is 15.9. The molecule has 6 heterocycles. The number of amides is 3. The zero-order valence-corrected chi connectivity index (χ0v) is 42.7. The minimum atomic E-state index is -0.499. The second-order valence-corrected chi connectivity index (χ2v) is 20.9. The number of fused-ring (bicyclic) bond motifs is 3. The second kappa shape index (κ2) is 20.2. The number of ether oxygens (including phenoxy) is 2. The summed E-state index contributed by atoms with van der Waals surface area (Å²) in [4.78, 5) is 55.9. The van der Waals surface area contributed by atoms with Gasteiger partial charge in [-0.25, -0.2) is 4.39 Å². The molecule has 2 aromatic heterocycles. The summed E-state index contributed by atoms with van der Waals surface area (Å²) in [5, 5.41) is 20.4. The van der Waals surface area contributed by atoms with Crippen molar-refractivity contribution in [2.24, 2.45) is 25.9 Å². The number of nitrogens with zero attached hydrogens (tertiary/aromatic N) is 8. The fourth-order valence-electron chi connectivity index (χ4n) is 11.8.